The van der Waals surface area contributed by atoms with Crippen molar-refractivity contribution in [3.63, 3.8) is 0 Å². The molecule has 0 saturated heterocycles. The van der Waals surface area contributed by atoms with Crippen molar-refractivity contribution in [2.45, 2.75) is 19.6 Å². The predicted octanol–water partition coefficient (Wildman–Crippen LogP) is 2.15. The number of ether oxygens (including phenoxy) is 2. The van der Waals surface area contributed by atoms with Crippen molar-refractivity contribution >= 4 is 8.07 Å². The second-order valence-corrected chi connectivity index (χ2v) is 8.26. The summed E-state index contributed by atoms with van der Waals surface area (Å²) in [7, 11) is 0.219. The van der Waals surface area contributed by atoms with E-state index < -0.39 is 8.07 Å². The lowest BCUT2D eigenvalue weighted by Crippen LogP contribution is -2.25. The van der Waals surface area contributed by atoms with E-state index in [0.717, 1.165) is 5.38 Å². The molecule has 0 bridgehead atoms. The van der Waals surface area contributed by atoms with Gasteiger partial charge in [0.1, 0.15) is 13.5 Å². The first-order valence-corrected chi connectivity index (χ1v) is 7.04. The van der Waals surface area contributed by atoms with Gasteiger partial charge in [-0.15, -0.1) is 0 Å². The molecule has 0 saturated carbocycles. The summed E-state index contributed by atoms with van der Waals surface area (Å²) in [5.74, 6) is 0. The topological polar surface area (TPSA) is 18.5 Å². The summed E-state index contributed by atoms with van der Waals surface area (Å²) in [5.41, 5.74) is 2.80. The number of methoxy groups -OCH3 is 1. The fourth-order valence-electron chi connectivity index (χ4n) is 0.651. The maximum absolute atomic E-state index is 5.29. The van der Waals surface area contributed by atoms with Crippen molar-refractivity contribution in [2.24, 2.45) is 0 Å². The molecule has 0 aromatic heterocycles. The van der Waals surface area contributed by atoms with Crippen LogP contribution in [0, 0.1) is 0 Å². The quantitative estimate of drug-likeness (QED) is 0.280. The molecule has 2 nitrogen and oxygen atoms in total. The summed E-state index contributed by atoms with van der Waals surface area (Å²) >= 11 is 0. The molecule has 0 heterocycles. The largest absolute Gasteiger partial charge is 0.469 e. The molecule has 0 unspecified atom stereocenters. The zero-order chi connectivity index (χ0) is 8.91. The zero-order valence-corrected chi connectivity index (χ0v) is 8.73. The molecule has 0 aromatic carbocycles. The highest BCUT2D eigenvalue weighted by Gasteiger charge is 2.20. The molecule has 0 aromatic rings. The van der Waals surface area contributed by atoms with E-state index in [-0.39, 0.29) is 0 Å². The Labute approximate surface area is 69.5 Å². The van der Waals surface area contributed by atoms with E-state index in [1.807, 2.05) is 0 Å². The van der Waals surface area contributed by atoms with Crippen LogP contribution < -0.4 is 0 Å². The Morgan fingerprint density at radius 3 is 2.27 bits per heavy atom. The minimum absolute atomic E-state index is 0.294. The van der Waals surface area contributed by atoms with Crippen LogP contribution in [0.3, 0.4) is 0 Å². The Hall–Kier alpha value is -0.503. The second kappa shape index (κ2) is 4.39. The molecule has 0 radical (unpaired) electrons. The molecule has 0 spiro atoms. The average molecular weight is 172 g/mol. The van der Waals surface area contributed by atoms with Crippen LogP contribution in [0.4, 0.5) is 0 Å². The summed E-state index contributed by atoms with van der Waals surface area (Å²) in [6.07, 6.45) is 0. The van der Waals surface area contributed by atoms with Crippen LogP contribution in [-0.2, 0) is 9.47 Å². The normalized spacial score (nSPS) is 10.5. The molecule has 0 fully saturated rings. The first kappa shape index (κ1) is 10.5. The molecule has 0 atom stereocenters. The molecule has 0 rings (SSSR count). The summed E-state index contributed by atoms with van der Waals surface area (Å²) < 4.78 is 10.1. The van der Waals surface area contributed by atoms with E-state index in [1.165, 1.54) is 0 Å². The highest BCUT2D eigenvalue weighted by atomic mass is 28.3. The molecule has 3 heteroatoms. The lowest BCUT2D eigenvalue weighted by Gasteiger charge is -2.18. The minimum atomic E-state index is -1.38. The Bertz CT molecular complexity index is 163. The maximum atomic E-state index is 5.29. The van der Waals surface area contributed by atoms with Crippen molar-refractivity contribution in [1.29, 1.82) is 0 Å². The third-order valence-corrected chi connectivity index (χ3v) is 2.85. The van der Waals surface area contributed by atoms with Gasteiger partial charge in [-0.25, -0.2) is 0 Å². The molecule has 0 aliphatic heterocycles. The van der Waals surface area contributed by atoms with E-state index in [4.69, 9.17) is 9.47 Å². The van der Waals surface area contributed by atoms with Crippen LogP contribution >= 0.6 is 0 Å². The standard InChI is InChI=1S/C8H16O2Si/c1-6-8(10-7-9-2)11(3,4)5/h1,7H2,2-5H3. The molecular weight excluding hydrogens is 156 g/mol. The molecule has 0 N–H and O–H groups in total. The SMILES string of the molecule is C=C=C(OCOC)[Si](C)(C)C. The summed E-state index contributed by atoms with van der Waals surface area (Å²) in [6.45, 7) is 10.4. The van der Waals surface area contributed by atoms with Gasteiger partial charge in [-0.1, -0.05) is 32.0 Å². The third kappa shape index (κ3) is 4.04. The molecule has 0 aliphatic rings. The minimum Gasteiger partial charge on any atom is -0.469 e. The van der Waals surface area contributed by atoms with Crippen molar-refractivity contribution < 1.29 is 9.47 Å². The molecule has 0 aliphatic carbocycles. The van der Waals surface area contributed by atoms with Crippen LogP contribution in [0.2, 0.25) is 19.6 Å². The molecular formula is C8H16O2Si. The van der Waals surface area contributed by atoms with Gasteiger partial charge in [-0.3, -0.25) is 0 Å². The molecule has 64 valence electrons. The Balaban J connectivity index is 4.10. The van der Waals surface area contributed by atoms with Gasteiger partial charge in [0.15, 0.2) is 6.79 Å². The van der Waals surface area contributed by atoms with Crippen LogP contribution in [0.15, 0.2) is 17.7 Å². The van der Waals surface area contributed by atoms with Crippen LogP contribution in [0.5, 0.6) is 0 Å². The van der Waals surface area contributed by atoms with E-state index in [0.29, 0.717) is 6.79 Å². The molecule has 0 amide bonds. The van der Waals surface area contributed by atoms with Crippen molar-refractivity contribution in [1.82, 2.24) is 0 Å². The van der Waals surface area contributed by atoms with Gasteiger partial charge in [0.25, 0.3) is 0 Å². The van der Waals surface area contributed by atoms with Gasteiger partial charge in [0.2, 0.25) is 0 Å². The van der Waals surface area contributed by atoms with Crippen molar-refractivity contribution in [3.8, 4) is 0 Å². The van der Waals surface area contributed by atoms with Crippen LogP contribution in [0.25, 0.3) is 0 Å². The number of rotatable bonds is 4. The van der Waals surface area contributed by atoms with E-state index >= 15 is 0 Å². The van der Waals surface area contributed by atoms with Gasteiger partial charge in [-0.2, -0.15) is 0 Å². The van der Waals surface area contributed by atoms with Crippen LogP contribution in [-0.4, -0.2) is 22.0 Å². The zero-order valence-electron chi connectivity index (χ0n) is 7.73. The van der Waals surface area contributed by atoms with Gasteiger partial charge in [0.05, 0.1) is 0 Å². The second-order valence-electron chi connectivity index (χ2n) is 3.31. The summed E-state index contributed by atoms with van der Waals surface area (Å²) in [4.78, 5) is 0. The highest BCUT2D eigenvalue weighted by molar-refractivity contribution is 6.82. The fraction of sp³-hybridized carbons (Fsp3) is 0.625. The van der Waals surface area contributed by atoms with E-state index in [1.54, 1.807) is 7.11 Å². The summed E-state index contributed by atoms with van der Waals surface area (Å²) in [5, 5.41) is 0.874. The predicted molar refractivity (Wildman–Crippen MR) is 49.0 cm³/mol. The lowest BCUT2D eigenvalue weighted by atomic mass is 10.9. The van der Waals surface area contributed by atoms with Crippen LogP contribution in [0.1, 0.15) is 0 Å². The summed E-state index contributed by atoms with van der Waals surface area (Å²) in [6, 6.07) is 0. The monoisotopic (exact) mass is 172 g/mol. The first-order chi connectivity index (χ1) is 5.02. The van der Waals surface area contributed by atoms with Gasteiger partial charge < -0.3 is 9.47 Å². The maximum Gasteiger partial charge on any atom is 0.188 e. The smallest absolute Gasteiger partial charge is 0.188 e. The fourth-order valence-corrected chi connectivity index (χ4v) is 1.67. The van der Waals surface area contributed by atoms with E-state index in [9.17, 15) is 0 Å². The van der Waals surface area contributed by atoms with Crippen molar-refractivity contribution in [2.75, 3.05) is 13.9 Å². The Morgan fingerprint density at radius 2 is 2.00 bits per heavy atom. The third-order valence-electron chi connectivity index (χ3n) is 1.16. The van der Waals surface area contributed by atoms with Gasteiger partial charge in [0, 0.05) is 7.11 Å². The van der Waals surface area contributed by atoms with Gasteiger partial charge in [-0.05, 0) is 0 Å². The lowest BCUT2D eigenvalue weighted by molar-refractivity contribution is 0.0133. The van der Waals surface area contributed by atoms with Crippen molar-refractivity contribution in [3.05, 3.63) is 17.7 Å². The highest BCUT2D eigenvalue weighted by Crippen LogP contribution is 2.13. The Kier molecular flexibility index (Phi) is 4.19. The Morgan fingerprint density at radius 1 is 1.45 bits per heavy atom. The molecule has 11 heavy (non-hydrogen) atoms. The van der Waals surface area contributed by atoms with Gasteiger partial charge >= 0.3 is 0 Å². The van der Waals surface area contributed by atoms with E-state index in [2.05, 4.69) is 32.0 Å². The number of hydrogen-bond acceptors (Lipinski definition) is 2. The number of hydrogen-bond donors (Lipinski definition) is 0. The first-order valence-electron chi connectivity index (χ1n) is 3.54. The average Bonchev–Trinajstić information content (AvgIpc) is 1.87.